The van der Waals surface area contributed by atoms with Gasteiger partial charge in [0, 0.05) is 55.8 Å². The fraction of sp³-hybridized carbons (Fsp3) is 0.586. The second-order valence-electron chi connectivity index (χ2n) is 11.5. The van der Waals surface area contributed by atoms with Gasteiger partial charge in [-0.3, -0.25) is 9.47 Å². The number of furan rings is 1. The summed E-state index contributed by atoms with van der Waals surface area (Å²) in [6, 6.07) is 8.46. The third-order valence-electron chi connectivity index (χ3n) is 9.68. The summed E-state index contributed by atoms with van der Waals surface area (Å²) in [6.07, 6.45) is 10.3. The van der Waals surface area contributed by atoms with Crippen LogP contribution in [0.5, 0.6) is 11.8 Å². The SMILES string of the molecule is Oc1c2c(c(O)n1CC1CCCCC1CN1CCN(c3cccc4ccoc34)CC1)C1CCC2C1. The van der Waals surface area contributed by atoms with Crippen LogP contribution in [0, 0.1) is 11.8 Å². The Bertz CT molecular complexity index is 1190. The predicted octanol–water partition coefficient (Wildman–Crippen LogP) is 5.64. The van der Waals surface area contributed by atoms with Crippen LogP contribution in [-0.4, -0.2) is 52.4 Å². The van der Waals surface area contributed by atoms with Crippen molar-refractivity contribution >= 4 is 16.7 Å². The third-order valence-corrected chi connectivity index (χ3v) is 9.68. The first-order chi connectivity index (χ1) is 17.2. The standard InChI is InChI=1S/C29H37N3O3/c33-28-25-20-8-9-21(16-20)26(25)29(34)32(28)18-23-5-2-1-4-22(23)17-30-11-13-31(14-12-30)24-7-3-6-19-10-15-35-27(19)24/h3,6-7,10,15,20-23,33-34H,1-2,4-5,8-9,11-14,16-18H2. The molecule has 6 nitrogen and oxygen atoms in total. The lowest BCUT2D eigenvalue weighted by Gasteiger charge is -2.40. The molecule has 0 spiro atoms. The fourth-order valence-corrected chi connectivity index (χ4v) is 7.84. The topological polar surface area (TPSA) is 65.0 Å². The van der Waals surface area contributed by atoms with E-state index in [1.165, 1.54) is 49.6 Å². The van der Waals surface area contributed by atoms with Gasteiger partial charge in [-0.2, -0.15) is 0 Å². The van der Waals surface area contributed by atoms with Crippen molar-refractivity contribution < 1.29 is 14.6 Å². The Kier molecular flexibility index (Phi) is 5.27. The highest BCUT2D eigenvalue weighted by molar-refractivity contribution is 5.89. The van der Waals surface area contributed by atoms with Gasteiger partial charge in [-0.15, -0.1) is 0 Å². The Balaban J connectivity index is 1.03. The number of anilines is 1. The van der Waals surface area contributed by atoms with E-state index in [1.807, 2.05) is 10.6 Å². The molecule has 3 fully saturated rings. The van der Waals surface area contributed by atoms with Gasteiger partial charge in [-0.1, -0.05) is 25.0 Å². The molecule has 4 atom stereocenters. The van der Waals surface area contributed by atoms with E-state index >= 15 is 0 Å². The van der Waals surface area contributed by atoms with Gasteiger partial charge in [-0.25, -0.2) is 0 Å². The molecule has 4 unspecified atom stereocenters. The van der Waals surface area contributed by atoms with Crippen molar-refractivity contribution in [3.05, 3.63) is 41.7 Å². The van der Waals surface area contributed by atoms with Crippen molar-refractivity contribution in [1.29, 1.82) is 0 Å². The number of para-hydroxylation sites is 1. The van der Waals surface area contributed by atoms with E-state index in [4.69, 9.17) is 4.42 Å². The van der Waals surface area contributed by atoms with E-state index in [0.717, 1.165) is 62.4 Å². The molecule has 4 aliphatic rings. The lowest BCUT2D eigenvalue weighted by atomic mass is 9.78. The van der Waals surface area contributed by atoms with Gasteiger partial charge in [0.25, 0.3) is 0 Å². The molecule has 0 radical (unpaired) electrons. The normalized spacial score (nSPS) is 28.7. The van der Waals surface area contributed by atoms with Crippen molar-refractivity contribution in [2.45, 2.75) is 63.3 Å². The van der Waals surface area contributed by atoms with Crippen LogP contribution in [0.4, 0.5) is 5.69 Å². The van der Waals surface area contributed by atoms with Crippen LogP contribution in [0.2, 0.25) is 0 Å². The van der Waals surface area contributed by atoms with Gasteiger partial charge in [-0.05, 0) is 67.9 Å². The maximum Gasteiger partial charge on any atom is 0.197 e. The number of aromatic hydroxyl groups is 2. The smallest absolute Gasteiger partial charge is 0.197 e. The van der Waals surface area contributed by atoms with Crippen molar-refractivity contribution in [3.63, 3.8) is 0 Å². The summed E-state index contributed by atoms with van der Waals surface area (Å²) in [7, 11) is 0. The maximum atomic E-state index is 11.1. The maximum absolute atomic E-state index is 11.1. The Hall–Kier alpha value is -2.60. The van der Waals surface area contributed by atoms with Crippen molar-refractivity contribution in [3.8, 4) is 11.8 Å². The molecule has 2 aromatic heterocycles. The highest BCUT2D eigenvalue weighted by Gasteiger charge is 2.44. The summed E-state index contributed by atoms with van der Waals surface area (Å²) in [5, 5.41) is 23.3. The van der Waals surface area contributed by atoms with Gasteiger partial charge >= 0.3 is 0 Å². The number of fused-ring (bicyclic) bond motifs is 6. The lowest BCUT2D eigenvalue weighted by Crippen LogP contribution is -2.49. The Labute approximate surface area is 207 Å². The number of rotatable bonds is 5. The molecule has 1 aromatic carbocycles. The Morgan fingerprint density at radius 3 is 2.20 bits per heavy atom. The van der Waals surface area contributed by atoms with Gasteiger partial charge < -0.3 is 19.5 Å². The molecule has 2 bridgehead atoms. The zero-order chi connectivity index (χ0) is 23.5. The molecule has 3 aliphatic carbocycles. The van der Waals surface area contributed by atoms with Crippen molar-refractivity contribution in [1.82, 2.24) is 9.47 Å². The highest BCUT2D eigenvalue weighted by Crippen LogP contribution is 2.60. The molecular formula is C29H37N3O3. The van der Waals surface area contributed by atoms with E-state index in [1.54, 1.807) is 6.26 Å². The number of nitrogens with zero attached hydrogens (tertiary/aromatic N) is 3. The molecule has 1 saturated heterocycles. The van der Waals surface area contributed by atoms with Crippen LogP contribution in [0.25, 0.3) is 11.0 Å². The number of aromatic nitrogens is 1. The average Bonchev–Trinajstić information content (AvgIpc) is 3.67. The summed E-state index contributed by atoms with van der Waals surface area (Å²) in [6.45, 7) is 6.06. The number of hydrogen-bond acceptors (Lipinski definition) is 5. The first-order valence-electron chi connectivity index (χ1n) is 13.7. The minimum absolute atomic E-state index is 0.370. The summed E-state index contributed by atoms with van der Waals surface area (Å²) in [5.74, 6) is 2.81. The molecule has 2 saturated carbocycles. The van der Waals surface area contributed by atoms with Crippen LogP contribution in [0.15, 0.2) is 34.9 Å². The first-order valence-corrected chi connectivity index (χ1v) is 13.7. The second-order valence-corrected chi connectivity index (χ2v) is 11.5. The summed E-state index contributed by atoms with van der Waals surface area (Å²) in [5.41, 5.74) is 4.37. The summed E-state index contributed by atoms with van der Waals surface area (Å²) >= 11 is 0. The van der Waals surface area contributed by atoms with E-state index in [-0.39, 0.29) is 0 Å². The summed E-state index contributed by atoms with van der Waals surface area (Å²) in [4.78, 5) is 5.10. The van der Waals surface area contributed by atoms with Gasteiger partial charge in [0.15, 0.2) is 17.3 Å². The van der Waals surface area contributed by atoms with Gasteiger partial charge in [0.1, 0.15) is 0 Å². The quantitative estimate of drug-likeness (QED) is 0.500. The number of benzene rings is 1. The van der Waals surface area contributed by atoms with Crippen LogP contribution < -0.4 is 4.90 Å². The van der Waals surface area contributed by atoms with Crippen molar-refractivity contribution in [2.75, 3.05) is 37.6 Å². The predicted molar refractivity (Wildman–Crippen MR) is 137 cm³/mol. The van der Waals surface area contributed by atoms with Crippen LogP contribution >= 0.6 is 0 Å². The van der Waals surface area contributed by atoms with E-state index in [9.17, 15) is 10.2 Å². The summed E-state index contributed by atoms with van der Waals surface area (Å²) < 4.78 is 7.66. The molecule has 1 aliphatic heterocycles. The Morgan fingerprint density at radius 2 is 1.49 bits per heavy atom. The second kappa shape index (κ2) is 8.51. The van der Waals surface area contributed by atoms with E-state index in [2.05, 4.69) is 28.0 Å². The molecular weight excluding hydrogens is 438 g/mol. The highest BCUT2D eigenvalue weighted by atomic mass is 16.3. The monoisotopic (exact) mass is 475 g/mol. The minimum Gasteiger partial charge on any atom is -0.494 e. The van der Waals surface area contributed by atoms with E-state index in [0.29, 0.717) is 35.4 Å². The molecule has 7 rings (SSSR count). The number of hydrogen-bond donors (Lipinski definition) is 2. The van der Waals surface area contributed by atoms with E-state index < -0.39 is 0 Å². The zero-order valence-electron chi connectivity index (χ0n) is 20.5. The fourth-order valence-electron chi connectivity index (χ4n) is 7.84. The molecule has 3 aromatic rings. The molecule has 186 valence electrons. The largest absolute Gasteiger partial charge is 0.494 e. The first kappa shape index (κ1) is 21.7. The Morgan fingerprint density at radius 1 is 0.800 bits per heavy atom. The average molecular weight is 476 g/mol. The van der Waals surface area contributed by atoms with Gasteiger partial charge in [0.2, 0.25) is 0 Å². The van der Waals surface area contributed by atoms with Gasteiger partial charge in [0.05, 0.1) is 12.0 Å². The molecule has 0 amide bonds. The van der Waals surface area contributed by atoms with Crippen LogP contribution in [-0.2, 0) is 6.54 Å². The van der Waals surface area contributed by atoms with Crippen molar-refractivity contribution in [2.24, 2.45) is 11.8 Å². The molecule has 3 heterocycles. The zero-order valence-corrected chi connectivity index (χ0v) is 20.5. The minimum atomic E-state index is 0.370. The number of piperazine rings is 1. The molecule has 2 N–H and O–H groups in total. The molecule has 6 heteroatoms. The lowest BCUT2D eigenvalue weighted by molar-refractivity contribution is 0.130. The third kappa shape index (κ3) is 3.55. The molecule has 35 heavy (non-hydrogen) atoms. The van der Waals surface area contributed by atoms with Crippen LogP contribution in [0.1, 0.15) is 67.9 Å². The van der Waals surface area contributed by atoms with Crippen LogP contribution in [0.3, 0.4) is 0 Å².